The summed E-state index contributed by atoms with van der Waals surface area (Å²) in [5.74, 6) is -0.893. The van der Waals surface area contributed by atoms with E-state index in [4.69, 9.17) is 18.9 Å². The van der Waals surface area contributed by atoms with Crippen LogP contribution in [0.25, 0.3) is 11.1 Å². The number of phenols is 1. The summed E-state index contributed by atoms with van der Waals surface area (Å²) < 4.78 is 24.7. The number of piperidine rings is 1. The summed E-state index contributed by atoms with van der Waals surface area (Å²) in [6, 6.07) is 35.3. The number of benzene rings is 6. The van der Waals surface area contributed by atoms with Crippen LogP contribution in [0.1, 0.15) is 117 Å². The zero-order chi connectivity index (χ0) is 52.2. The minimum atomic E-state index is -1.56. The third-order valence-corrected chi connectivity index (χ3v) is 13.4. The second kappa shape index (κ2) is 21.3. The number of ketones is 1. The van der Waals surface area contributed by atoms with Gasteiger partial charge in [-0.2, -0.15) is 0 Å². The van der Waals surface area contributed by atoms with Crippen molar-refractivity contribution in [2.75, 3.05) is 26.2 Å². The van der Waals surface area contributed by atoms with Gasteiger partial charge in [0.1, 0.15) is 41.5 Å². The van der Waals surface area contributed by atoms with Crippen molar-refractivity contribution in [1.82, 2.24) is 4.90 Å². The van der Waals surface area contributed by atoms with Crippen LogP contribution in [0.2, 0.25) is 0 Å². The zero-order valence-corrected chi connectivity index (χ0v) is 41.6. The molecule has 2 aliphatic heterocycles. The highest BCUT2D eigenvalue weighted by Crippen LogP contribution is 2.50. The van der Waals surface area contributed by atoms with Crippen molar-refractivity contribution in [1.29, 1.82) is 0 Å². The highest BCUT2D eigenvalue weighted by Gasteiger charge is 2.44. The minimum Gasteiger partial charge on any atom is -0.508 e. The quantitative estimate of drug-likeness (QED) is 0.0316. The molecule has 6 aromatic carbocycles. The summed E-state index contributed by atoms with van der Waals surface area (Å²) >= 11 is 0. The van der Waals surface area contributed by atoms with Crippen LogP contribution in [0.15, 0.2) is 133 Å². The highest BCUT2D eigenvalue weighted by atomic mass is 16.6. The molecule has 8 rings (SSSR count). The van der Waals surface area contributed by atoms with Gasteiger partial charge < -0.3 is 24.1 Å². The molecule has 2 heterocycles. The zero-order valence-electron chi connectivity index (χ0n) is 41.6. The molecule has 1 N–H and O–H groups in total. The van der Waals surface area contributed by atoms with E-state index >= 15 is 0 Å². The molecule has 73 heavy (non-hydrogen) atoms. The predicted octanol–water partition coefficient (Wildman–Crippen LogP) is 12.1. The molecule has 1 fully saturated rings. The molecule has 376 valence electrons. The van der Waals surface area contributed by atoms with Crippen molar-refractivity contribution in [2.45, 2.75) is 72.8 Å². The first-order valence-electron chi connectivity index (χ1n) is 24.2. The number of nitro benzene ring substituents is 2. The molecule has 15 heteroatoms. The third kappa shape index (κ3) is 11.5. The number of nitro groups is 2. The van der Waals surface area contributed by atoms with Gasteiger partial charge in [0, 0.05) is 52.4 Å². The van der Waals surface area contributed by atoms with Crippen molar-refractivity contribution in [2.24, 2.45) is 10.8 Å². The summed E-state index contributed by atoms with van der Waals surface area (Å²) in [6.45, 7) is 14.0. The third-order valence-electron chi connectivity index (χ3n) is 13.4. The first kappa shape index (κ1) is 51.2. The van der Waals surface area contributed by atoms with Crippen LogP contribution in [0.4, 0.5) is 11.4 Å². The van der Waals surface area contributed by atoms with Crippen molar-refractivity contribution < 1.29 is 48.3 Å². The van der Waals surface area contributed by atoms with Gasteiger partial charge in [0.25, 0.3) is 11.4 Å². The van der Waals surface area contributed by atoms with Crippen LogP contribution in [0.3, 0.4) is 0 Å². The fraction of sp³-hybridized carbons (Fsp3) is 0.293. The number of hydrogen-bond acceptors (Lipinski definition) is 13. The standard InChI is InChI=1S/C58H57N3O12/c1-36-47-29-27-46(72-55(64)57(2,3)4)35-50(47)73-54(41-18-23-44(24-19-41)70-33-32-59-30-8-7-9-31-59)51(36)37-10-12-38(13-11-37)52(48-28-20-42(60(66)67)34-49(48)61(68)69)58(5,6)56(65)71-45-25-16-40(17-26-45)53(63)39-14-21-43(62)22-15-39/h10-29,34-35,52,54,62H,7-9,30-33H2,1-6H3. The Labute approximate surface area is 423 Å². The molecule has 0 bridgehead atoms. The molecule has 0 aromatic heterocycles. The van der Waals surface area contributed by atoms with Crippen LogP contribution < -0.4 is 18.9 Å². The number of carbonyl (C=O) groups is 3. The number of hydrogen-bond donors (Lipinski definition) is 1. The van der Waals surface area contributed by atoms with Gasteiger partial charge in [-0.3, -0.25) is 39.5 Å². The Bertz CT molecular complexity index is 3080. The van der Waals surface area contributed by atoms with E-state index in [2.05, 4.69) is 4.90 Å². The number of allylic oxidation sites excluding steroid dienone is 1. The molecule has 1 saturated heterocycles. The molecular weight excluding hydrogens is 931 g/mol. The molecule has 15 nitrogen and oxygen atoms in total. The summed E-state index contributed by atoms with van der Waals surface area (Å²) in [5.41, 5.74) is 1.82. The number of aromatic hydroxyl groups is 1. The molecule has 0 radical (unpaired) electrons. The number of phenolic OH excluding ortho intramolecular Hbond substituents is 1. The topological polar surface area (TPSA) is 198 Å². The Morgan fingerprint density at radius 3 is 1.93 bits per heavy atom. The van der Waals surface area contributed by atoms with E-state index in [1.54, 1.807) is 58.9 Å². The van der Waals surface area contributed by atoms with E-state index in [1.807, 2.05) is 49.4 Å². The maximum Gasteiger partial charge on any atom is 0.317 e. The Hall–Kier alpha value is -8.17. The van der Waals surface area contributed by atoms with Gasteiger partial charge >= 0.3 is 11.9 Å². The minimum absolute atomic E-state index is 0.0141. The van der Waals surface area contributed by atoms with Gasteiger partial charge in [-0.15, -0.1) is 0 Å². The maximum atomic E-state index is 14.5. The number of fused-ring (bicyclic) bond motifs is 1. The van der Waals surface area contributed by atoms with Crippen LogP contribution in [-0.4, -0.2) is 63.8 Å². The fourth-order valence-corrected chi connectivity index (χ4v) is 9.28. The lowest BCUT2D eigenvalue weighted by atomic mass is 9.70. The van der Waals surface area contributed by atoms with E-state index in [9.17, 15) is 39.7 Å². The first-order chi connectivity index (χ1) is 34.8. The van der Waals surface area contributed by atoms with Crippen molar-refractivity contribution in [3.63, 3.8) is 0 Å². The summed E-state index contributed by atoms with van der Waals surface area (Å²) in [7, 11) is 0. The lowest BCUT2D eigenvalue weighted by Crippen LogP contribution is -2.36. The van der Waals surface area contributed by atoms with Gasteiger partial charge in [0.2, 0.25) is 0 Å². The summed E-state index contributed by atoms with van der Waals surface area (Å²) in [6.07, 6.45) is 2.97. The molecule has 2 aliphatic rings. The van der Waals surface area contributed by atoms with Crippen LogP contribution in [-0.2, 0) is 9.59 Å². The van der Waals surface area contributed by atoms with E-state index in [-0.39, 0.29) is 22.8 Å². The average Bonchev–Trinajstić information content (AvgIpc) is 3.37. The number of esters is 2. The molecule has 0 saturated carbocycles. The highest BCUT2D eigenvalue weighted by molar-refractivity contribution is 6.09. The van der Waals surface area contributed by atoms with Crippen LogP contribution in [0.5, 0.6) is 28.7 Å². The Morgan fingerprint density at radius 2 is 1.32 bits per heavy atom. The first-order valence-corrected chi connectivity index (χ1v) is 24.2. The van der Waals surface area contributed by atoms with Gasteiger partial charge in [0.15, 0.2) is 5.78 Å². The SMILES string of the molecule is CC1=C(c2ccc(C(c3ccc([N+](=O)[O-])cc3[N+](=O)[O-])C(C)(C)C(=O)Oc3ccc(C(=O)c4ccc(O)cc4)cc3)cc2)C(c2ccc(OCCN3CCCCC3)cc2)Oc2cc(OC(=O)C(C)(C)C)ccc21. The van der Waals surface area contributed by atoms with E-state index in [1.165, 1.54) is 79.9 Å². The van der Waals surface area contributed by atoms with Crippen molar-refractivity contribution in [3.8, 4) is 28.7 Å². The van der Waals surface area contributed by atoms with Crippen LogP contribution >= 0.6 is 0 Å². The largest absolute Gasteiger partial charge is 0.508 e. The number of ether oxygens (including phenoxy) is 4. The number of nitrogens with zero attached hydrogens (tertiary/aromatic N) is 3. The molecule has 0 spiro atoms. The van der Waals surface area contributed by atoms with Crippen molar-refractivity contribution in [3.05, 3.63) is 193 Å². The Morgan fingerprint density at radius 1 is 0.712 bits per heavy atom. The number of non-ortho nitro benzene ring substituents is 1. The van der Waals surface area contributed by atoms with E-state index in [0.29, 0.717) is 40.5 Å². The second-order valence-corrected chi connectivity index (χ2v) is 20.0. The Balaban J connectivity index is 1.15. The monoisotopic (exact) mass is 987 g/mol. The number of carbonyl (C=O) groups excluding carboxylic acids is 3. The van der Waals surface area contributed by atoms with E-state index in [0.717, 1.165) is 53.5 Å². The molecule has 0 aliphatic carbocycles. The fourth-order valence-electron chi connectivity index (χ4n) is 9.28. The molecule has 2 atom stereocenters. The van der Waals surface area contributed by atoms with Crippen molar-refractivity contribution >= 4 is 40.2 Å². The van der Waals surface area contributed by atoms with Crippen LogP contribution in [0, 0.1) is 31.1 Å². The molecular formula is C58H57N3O12. The normalized spacial score (nSPS) is 15.3. The van der Waals surface area contributed by atoms with E-state index < -0.39 is 56.0 Å². The molecule has 0 amide bonds. The average molecular weight is 988 g/mol. The lowest BCUT2D eigenvalue weighted by molar-refractivity contribution is -0.394. The maximum absolute atomic E-state index is 14.5. The number of rotatable bonds is 16. The summed E-state index contributed by atoms with van der Waals surface area (Å²) in [5, 5.41) is 34.2. The van der Waals surface area contributed by atoms with Gasteiger partial charge in [0.05, 0.1) is 26.7 Å². The summed E-state index contributed by atoms with van der Waals surface area (Å²) in [4.78, 5) is 66.1. The lowest BCUT2D eigenvalue weighted by Gasteiger charge is -2.33. The Kier molecular flexibility index (Phi) is 14.9. The number of likely N-dealkylation sites (tertiary alicyclic amines) is 1. The van der Waals surface area contributed by atoms with Gasteiger partial charge in [-0.05, 0) is 169 Å². The molecule has 2 unspecified atom stereocenters. The molecule has 6 aromatic rings. The van der Waals surface area contributed by atoms with Gasteiger partial charge in [-0.1, -0.05) is 42.8 Å². The smallest absolute Gasteiger partial charge is 0.317 e. The second-order valence-electron chi connectivity index (χ2n) is 20.0. The predicted molar refractivity (Wildman–Crippen MR) is 275 cm³/mol. The van der Waals surface area contributed by atoms with Gasteiger partial charge in [-0.25, -0.2) is 0 Å².